The third kappa shape index (κ3) is 2.50. The van der Waals surface area contributed by atoms with Crippen molar-refractivity contribution in [1.82, 2.24) is 9.80 Å². The van der Waals surface area contributed by atoms with Gasteiger partial charge in [-0.05, 0) is 34.8 Å². The summed E-state index contributed by atoms with van der Waals surface area (Å²) in [6.45, 7) is 5.12. The molecule has 2 heterocycles. The molecule has 5 heteroatoms. The molecule has 4 nitrogen and oxygen atoms in total. The summed E-state index contributed by atoms with van der Waals surface area (Å²) in [7, 11) is 0. The van der Waals surface area contributed by atoms with E-state index < -0.39 is 0 Å². The summed E-state index contributed by atoms with van der Waals surface area (Å²) in [6, 6.07) is 3.02. The molecule has 3 rings (SSSR count). The van der Waals surface area contributed by atoms with Gasteiger partial charge in [-0.1, -0.05) is 0 Å². The Morgan fingerprint density at radius 3 is 2.56 bits per heavy atom. The standard InChI is InChI=1S/C13H20BrN3O/c14-11-3-8-18-13(11)12(9-15)17-6-4-16(5-7-17)10-1-2-10/h3,8,10,12H,1-2,4-7,9,15H2. The highest BCUT2D eigenvalue weighted by Gasteiger charge is 2.33. The lowest BCUT2D eigenvalue weighted by Crippen LogP contribution is -2.49. The summed E-state index contributed by atoms with van der Waals surface area (Å²) < 4.78 is 6.61. The predicted octanol–water partition coefficient (Wildman–Crippen LogP) is 1.82. The number of furan rings is 1. The van der Waals surface area contributed by atoms with Gasteiger partial charge in [0, 0.05) is 38.8 Å². The van der Waals surface area contributed by atoms with Crippen LogP contribution in [0.25, 0.3) is 0 Å². The molecule has 0 aromatic carbocycles. The lowest BCUT2D eigenvalue weighted by atomic mass is 10.1. The van der Waals surface area contributed by atoms with Crippen molar-refractivity contribution in [3.8, 4) is 0 Å². The first kappa shape index (κ1) is 12.7. The van der Waals surface area contributed by atoms with Crippen LogP contribution in [0, 0.1) is 0 Å². The van der Waals surface area contributed by atoms with Crippen LogP contribution in [-0.2, 0) is 0 Å². The molecule has 1 unspecified atom stereocenters. The van der Waals surface area contributed by atoms with Crippen LogP contribution in [-0.4, -0.2) is 48.6 Å². The molecule has 1 aromatic heterocycles. The third-order valence-corrected chi connectivity index (χ3v) is 4.68. The van der Waals surface area contributed by atoms with Crippen LogP contribution in [0.5, 0.6) is 0 Å². The van der Waals surface area contributed by atoms with Crippen molar-refractivity contribution in [2.24, 2.45) is 5.73 Å². The maximum absolute atomic E-state index is 5.93. The molecule has 2 fully saturated rings. The van der Waals surface area contributed by atoms with Crippen molar-refractivity contribution in [3.63, 3.8) is 0 Å². The minimum Gasteiger partial charge on any atom is -0.466 e. The molecule has 1 aromatic rings. The Bertz CT molecular complexity index is 397. The Kier molecular flexibility index (Phi) is 3.75. The summed E-state index contributed by atoms with van der Waals surface area (Å²) in [5, 5.41) is 0. The number of nitrogens with zero attached hydrogens (tertiary/aromatic N) is 2. The molecule has 0 bridgehead atoms. The van der Waals surface area contributed by atoms with E-state index in [-0.39, 0.29) is 6.04 Å². The normalized spacial score (nSPS) is 24.3. The molecule has 1 saturated carbocycles. The second-order valence-corrected chi connectivity index (χ2v) is 6.04. The fourth-order valence-electron chi connectivity index (χ4n) is 2.82. The number of nitrogens with two attached hydrogens (primary N) is 1. The van der Waals surface area contributed by atoms with Crippen LogP contribution in [0.3, 0.4) is 0 Å². The molecular weight excluding hydrogens is 294 g/mol. The van der Waals surface area contributed by atoms with E-state index in [1.807, 2.05) is 6.07 Å². The lowest BCUT2D eigenvalue weighted by molar-refractivity contribution is 0.0849. The topological polar surface area (TPSA) is 45.6 Å². The van der Waals surface area contributed by atoms with Crippen LogP contribution in [0.1, 0.15) is 24.6 Å². The lowest BCUT2D eigenvalue weighted by Gasteiger charge is -2.38. The number of hydrogen-bond acceptors (Lipinski definition) is 4. The largest absolute Gasteiger partial charge is 0.466 e. The Morgan fingerprint density at radius 2 is 2.06 bits per heavy atom. The molecule has 1 saturated heterocycles. The van der Waals surface area contributed by atoms with E-state index in [0.717, 1.165) is 29.4 Å². The van der Waals surface area contributed by atoms with Gasteiger partial charge in [-0.15, -0.1) is 0 Å². The number of hydrogen-bond donors (Lipinski definition) is 1. The number of piperazine rings is 1. The maximum atomic E-state index is 5.93. The van der Waals surface area contributed by atoms with Crippen molar-refractivity contribution in [3.05, 3.63) is 22.6 Å². The molecule has 0 spiro atoms. The summed E-state index contributed by atoms with van der Waals surface area (Å²) in [6.07, 6.45) is 4.51. The minimum atomic E-state index is 0.204. The molecule has 2 aliphatic rings. The van der Waals surface area contributed by atoms with Gasteiger partial charge < -0.3 is 10.2 Å². The highest BCUT2D eigenvalue weighted by atomic mass is 79.9. The summed E-state index contributed by atoms with van der Waals surface area (Å²) in [5.74, 6) is 0.970. The van der Waals surface area contributed by atoms with Crippen molar-refractivity contribution in [1.29, 1.82) is 0 Å². The predicted molar refractivity (Wildman–Crippen MR) is 74.4 cm³/mol. The van der Waals surface area contributed by atoms with Gasteiger partial charge in [-0.3, -0.25) is 9.80 Å². The molecule has 18 heavy (non-hydrogen) atoms. The quantitative estimate of drug-likeness (QED) is 0.921. The summed E-state index contributed by atoms with van der Waals surface area (Å²) in [5.41, 5.74) is 5.93. The summed E-state index contributed by atoms with van der Waals surface area (Å²) in [4.78, 5) is 5.06. The fraction of sp³-hybridized carbons (Fsp3) is 0.692. The van der Waals surface area contributed by atoms with Crippen LogP contribution < -0.4 is 5.73 Å². The van der Waals surface area contributed by atoms with Crippen molar-refractivity contribution >= 4 is 15.9 Å². The van der Waals surface area contributed by atoms with E-state index in [0.29, 0.717) is 6.54 Å². The van der Waals surface area contributed by atoms with Crippen LogP contribution in [0.2, 0.25) is 0 Å². The second kappa shape index (κ2) is 5.33. The van der Waals surface area contributed by atoms with E-state index >= 15 is 0 Å². The molecule has 0 radical (unpaired) electrons. The molecule has 1 aliphatic heterocycles. The Morgan fingerprint density at radius 1 is 1.33 bits per heavy atom. The van der Waals surface area contributed by atoms with E-state index in [4.69, 9.17) is 10.2 Å². The van der Waals surface area contributed by atoms with Crippen LogP contribution in [0.15, 0.2) is 21.2 Å². The van der Waals surface area contributed by atoms with Gasteiger partial charge in [0.25, 0.3) is 0 Å². The monoisotopic (exact) mass is 313 g/mol. The highest BCUT2D eigenvalue weighted by molar-refractivity contribution is 9.10. The van der Waals surface area contributed by atoms with Crippen LogP contribution >= 0.6 is 15.9 Å². The fourth-order valence-corrected chi connectivity index (χ4v) is 3.28. The van der Waals surface area contributed by atoms with Gasteiger partial charge in [-0.2, -0.15) is 0 Å². The van der Waals surface area contributed by atoms with E-state index in [2.05, 4.69) is 25.7 Å². The summed E-state index contributed by atoms with van der Waals surface area (Å²) >= 11 is 3.53. The first-order valence-corrected chi connectivity index (χ1v) is 7.50. The number of halogens is 1. The second-order valence-electron chi connectivity index (χ2n) is 5.19. The molecule has 100 valence electrons. The van der Waals surface area contributed by atoms with Gasteiger partial charge in [0.05, 0.1) is 16.8 Å². The van der Waals surface area contributed by atoms with Crippen LogP contribution in [0.4, 0.5) is 0 Å². The van der Waals surface area contributed by atoms with Gasteiger partial charge >= 0.3 is 0 Å². The van der Waals surface area contributed by atoms with E-state index in [9.17, 15) is 0 Å². The molecule has 1 aliphatic carbocycles. The molecular formula is C13H20BrN3O. The average molecular weight is 314 g/mol. The Labute approximate surface area is 116 Å². The molecule has 1 atom stereocenters. The van der Waals surface area contributed by atoms with Gasteiger partial charge in [-0.25, -0.2) is 0 Å². The average Bonchev–Trinajstić information content (AvgIpc) is 3.16. The van der Waals surface area contributed by atoms with Crippen molar-refractivity contribution in [2.45, 2.75) is 24.9 Å². The minimum absolute atomic E-state index is 0.204. The van der Waals surface area contributed by atoms with E-state index in [1.165, 1.54) is 25.9 Å². The Balaban J connectivity index is 1.64. The Hall–Kier alpha value is -0.360. The smallest absolute Gasteiger partial charge is 0.136 e. The molecule has 0 amide bonds. The maximum Gasteiger partial charge on any atom is 0.136 e. The van der Waals surface area contributed by atoms with E-state index in [1.54, 1.807) is 6.26 Å². The zero-order valence-electron chi connectivity index (χ0n) is 10.5. The zero-order valence-corrected chi connectivity index (χ0v) is 12.1. The van der Waals surface area contributed by atoms with Crippen molar-refractivity contribution < 1.29 is 4.42 Å². The van der Waals surface area contributed by atoms with Crippen molar-refractivity contribution in [2.75, 3.05) is 32.7 Å². The highest BCUT2D eigenvalue weighted by Crippen LogP contribution is 2.31. The first-order valence-electron chi connectivity index (χ1n) is 6.70. The zero-order chi connectivity index (χ0) is 12.5. The van der Waals surface area contributed by atoms with Gasteiger partial charge in [0.1, 0.15) is 5.76 Å². The first-order chi connectivity index (χ1) is 8.79. The van der Waals surface area contributed by atoms with Gasteiger partial charge in [0.15, 0.2) is 0 Å². The molecule has 2 N–H and O–H groups in total. The third-order valence-electron chi connectivity index (χ3n) is 4.02. The number of rotatable bonds is 4. The van der Waals surface area contributed by atoms with Gasteiger partial charge in [0.2, 0.25) is 0 Å². The SMILES string of the molecule is NCC(c1occc1Br)N1CCN(C2CC2)CC1.